The fraction of sp³-hybridized carbons (Fsp3) is 0.0769. The molecule has 88 valence electrons. The lowest BCUT2D eigenvalue weighted by atomic mass is 10.2. The van der Waals surface area contributed by atoms with Crippen molar-refractivity contribution >= 4 is 5.69 Å². The molecule has 17 heavy (non-hydrogen) atoms. The lowest BCUT2D eigenvalue weighted by Crippen LogP contribution is -2.03. The molecule has 0 unspecified atom stereocenters. The van der Waals surface area contributed by atoms with Crippen LogP contribution in [0.2, 0.25) is 0 Å². The van der Waals surface area contributed by atoms with Gasteiger partial charge in [-0.3, -0.25) is 0 Å². The van der Waals surface area contributed by atoms with Crippen LogP contribution >= 0.6 is 0 Å². The van der Waals surface area contributed by atoms with Gasteiger partial charge in [0.05, 0.1) is 0 Å². The van der Waals surface area contributed by atoms with E-state index < -0.39 is 11.6 Å². The first-order valence-electron chi connectivity index (χ1n) is 5.09. The number of nitrogens with one attached hydrogen (secondary N) is 1. The van der Waals surface area contributed by atoms with Gasteiger partial charge >= 0.3 is 0 Å². The summed E-state index contributed by atoms with van der Waals surface area (Å²) in [5.74, 6) is -1.71. The molecule has 0 aliphatic heterocycles. The Balaban J connectivity index is 2.13. The molecule has 0 aliphatic carbocycles. The number of hydrogen-bond donors (Lipinski definition) is 1. The summed E-state index contributed by atoms with van der Waals surface area (Å²) in [5, 5.41) is 2.61. The average molecular weight is 237 g/mol. The second-order valence-corrected chi connectivity index (χ2v) is 3.58. The Morgan fingerprint density at radius 3 is 2.18 bits per heavy atom. The molecule has 0 fully saturated rings. The van der Waals surface area contributed by atoms with E-state index in [0.717, 1.165) is 12.1 Å². The zero-order chi connectivity index (χ0) is 12.3. The van der Waals surface area contributed by atoms with Crippen molar-refractivity contribution in [1.29, 1.82) is 0 Å². The van der Waals surface area contributed by atoms with Crippen LogP contribution in [0, 0.1) is 17.5 Å². The second kappa shape index (κ2) is 4.91. The predicted octanol–water partition coefficient (Wildman–Crippen LogP) is 3.72. The van der Waals surface area contributed by atoms with Crippen molar-refractivity contribution in [2.24, 2.45) is 0 Å². The largest absolute Gasteiger partial charge is 0.376 e. The first kappa shape index (κ1) is 11.5. The van der Waals surface area contributed by atoms with Crippen LogP contribution in [0.4, 0.5) is 18.9 Å². The molecule has 0 atom stereocenters. The van der Waals surface area contributed by atoms with Crippen molar-refractivity contribution < 1.29 is 13.2 Å². The SMILES string of the molecule is Fc1cccc(CNc2c(F)cccc2F)c1. The highest BCUT2D eigenvalue weighted by atomic mass is 19.1. The van der Waals surface area contributed by atoms with Gasteiger partial charge in [-0.1, -0.05) is 18.2 Å². The monoisotopic (exact) mass is 237 g/mol. The number of rotatable bonds is 3. The maximum absolute atomic E-state index is 13.3. The average Bonchev–Trinajstić information content (AvgIpc) is 2.28. The van der Waals surface area contributed by atoms with Crippen LogP contribution in [0.1, 0.15) is 5.56 Å². The van der Waals surface area contributed by atoms with E-state index in [9.17, 15) is 13.2 Å². The summed E-state index contributed by atoms with van der Waals surface area (Å²) >= 11 is 0. The Hall–Kier alpha value is -1.97. The fourth-order valence-electron chi connectivity index (χ4n) is 1.50. The maximum atomic E-state index is 13.3. The van der Waals surface area contributed by atoms with Crippen LogP contribution in [0.3, 0.4) is 0 Å². The van der Waals surface area contributed by atoms with Gasteiger partial charge in [0, 0.05) is 6.54 Å². The standard InChI is InChI=1S/C13H10F3N/c14-10-4-1-3-9(7-10)8-17-13-11(15)5-2-6-12(13)16/h1-7,17H,8H2. The topological polar surface area (TPSA) is 12.0 Å². The molecule has 0 heterocycles. The third-order valence-corrected chi connectivity index (χ3v) is 2.32. The zero-order valence-corrected chi connectivity index (χ0v) is 8.88. The van der Waals surface area contributed by atoms with Crippen molar-refractivity contribution in [2.75, 3.05) is 5.32 Å². The van der Waals surface area contributed by atoms with Gasteiger partial charge in [-0.15, -0.1) is 0 Å². The molecule has 0 spiro atoms. The Morgan fingerprint density at radius 1 is 0.882 bits per heavy atom. The summed E-state index contributed by atoms with van der Waals surface area (Å²) in [6.45, 7) is 0.162. The van der Waals surface area contributed by atoms with Crippen LogP contribution in [0.25, 0.3) is 0 Å². The van der Waals surface area contributed by atoms with Crippen molar-refractivity contribution in [3.8, 4) is 0 Å². The van der Waals surface area contributed by atoms with E-state index in [0.29, 0.717) is 5.56 Å². The number of hydrogen-bond acceptors (Lipinski definition) is 1. The molecule has 1 N–H and O–H groups in total. The van der Waals surface area contributed by atoms with Crippen molar-refractivity contribution in [3.63, 3.8) is 0 Å². The molecule has 1 nitrogen and oxygen atoms in total. The molecular weight excluding hydrogens is 227 g/mol. The third-order valence-electron chi connectivity index (χ3n) is 2.32. The highest BCUT2D eigenvalue weighted by Crippen LogP contribution is 2.18. The minimum Gasteiger partial charge on any atom is -0.376 e. The summed E-state index contributed by atoms with van der Waals surface area (Å²) < 4.78 is 39.4. The highest BCUT2D eigenvalue weighted by Gasteiger charge is 2.07. The third kappa shape index (κ3) is 2.78. The van der Waals surface area contributed by atoms with Crippen molar-refractivity contribution in [1.82, 2.24) is 0 Å². The van der Waals surface area contributed by atoms with Crippen LogP contribution in [0.15, 0.2) is 42.5 Å². The van der Waals surface area contributed by atoms with Crippen LogP contribution in [-0.4, -0.2) is 0 Å². The van der Waals surface area contributed by atoms with Gasteiger partial charge in [-0.05, 0) is 29.8 Å². The molecule has 2 rings (SSSR count). The van der Waals surface area contributed by atoms with E-state index in [4.69, 9.17) is 0 Å². The first-order chi connectivity index (χ1) is 8.16. The van der Waals surface area contributed by atoms with E-state index in [2.05, 4.69) is 5.32 Å². The molecule has 0 aromatic heterocycles. The summed E-state index contributed by atoms with van der Waals surface area (Å²) in [6, 6.07) is 9.46. The molecule has 2 aromatic rings. The molecular formula is C13H10F3N. The highest BCUT2D eigenvalue weighted by molar-refractivity contribution is 5.46. The van der Waals surface area contributed by atoms with E-state index in [-0.39, 0.29) is 18.0 Å². The fourth-order valence-corrected chi connectivity index (χ4v) is 1.50. The van der Waals surface area contributed by atoms with Gasteiger partial charge < -0.3 is 5.32 Å². The summed E-state index contributed by atoms with van der Waals surface area (Å²) in [6.07, 6.45) is 0. The second-order valence-electron chi connectivity index (χ2n) is 3.58. The summed E-state index contributed by atoms with van der Waals surface area (Å²) in [7, 11) is 0. The van der Waals surface area contributed by atoms with Crippen LogP contribution in [-0.2, 0) is 6.54 Å². The predicted molar refractivity (Wildman–Crippen MR) is 60.1 cm³/mol. The van der Waals surface area contributed by atoms with E-state index in [1.54, 1.807) is 12.1 Å². The Morgan fingerprint density at radius 2 is 1.53 bits per heavy atom. The van der Waals surface area contributed by atoms with Crippen LogP contribution in [0.5, 0.6) is 0 Å². The van der Waals surface area contributed by atoms with Gasteiger partial charge in [-0.25, -0.2) is 13.2 Å². The quantitative estimate of drug-likeness (QED) is 0.857. The van der Waals surface area contributed by atoms with Crippen molar-refractivity contribution in [2.45, 2.75) is 6.54 Å². The lowest BCUT2D eigenvalue weighted by Gasteiger charge is -2.08. The Labute approximate surface area is 96.9 Å². The van der Waals surface area contributed by atoms with Crippen LogP contribution < -0.4 is 5.32 Å². The molecule has 0 amide bonds. The first-order valence-corrected chi connectivity index (χ1v) is 5.09. The van der Waals surface area contributed by atoms with Gasteiger partial charge in [0.1, 0.15) is 23.1 Å². The van der Waals surface area contributed by atoms with E-state index in [1.807, 2.05) is 0 Å². The summed E-state index contributed by atoms with van der Waals surface area (Å²) in [4.78, 5) is 0. The number of halogens is 3. The van der Waals surface area contributed by atoms with E-state index in [1.165, 1.54) is 18.2 Å². The van der Waals surface area contributed by atoms with Gasteiger partial charge in [-0.2, -0.15) is 0 Å². The van der Waals surface area contributed by atoms with Gasteiger partial charge in [0.15, 0.2) is 0 Å². The Kier molecular flexibility index (Phi) is 3.32. The van der Waals surface area contributed by atoms with Gasteiger partial charge in [0.25, 0.3) is 0 Å². The molecule has 0 saturated heterocycles. The normalized spacial score (nSPS) is 10.3. The maximum Gasteiger partial charge on any atom is 0.149 e. The molecule has 0 saturated carbocycles. The number of anilines is 1. The molecule has 0 aliphatic rings. The molecule has 4 heteroatoms. The van der Waals surface area contributed by atoms with Gasteiger partial charge in [0.2, 0.25) is 0 Å². The smallest absolute Gasteiger partial charge is 0.149 e. The molecule has 0 bridgehead atoms. The molecule has 0 radical (unpaired) electrons. The summed E-state index contributed by atoms with van der Waals surface area (Å²) in [5.41, 5.74) is 0.421. The minimum absolute atomic E-state index is 0.162. The Bertz CT molecular complexity index is 506. The zero-order valence-electron chi connectivity index (χ0n) is 8.88. The van der Waals surface area contributed by atoms with E-state index >= 15 is 0 Å². The lowest BCUT2D eigenvalue weighted by molar-refractivity contribution is 0.588. The van der Waals surface area contributed by atoms with Crippen molar-refractivity contribution in [3.05, 3.63) is 65.5 Å². The minimum atomic E-state index is -0.665. The number of benzene rings is 2. The number of para-hydroxylation sites is 1. The molecule has 2 aromatic carbocycles.